The Kier molecular flexibility index (Phi) is 2.01. The number of hydrogen-bond donors (Lipinski definition) is 3. The normalized spacial score (nSPS) is 10.9. The fourth-order valence-corrected chi connectivity index (χ4v) is 1.58. The zero-order chi connectivity index (χ0) is 10.1. The molecule has 0 aliphatic rings. The van der Waals surface area contributed by atoms with E-state index in [2.05, 4.69) is 0 Å². The fourth-order valence-electron chi connectivity index (χ4n) is 1.58. The summed E-state index contributed by atoms with van der Waals surface area (Å²) < 4.78 is 2.99. The largest absolute Gasteiger partial charge is 0.395 e. The molecule has 5 heteroatoms. The predicted octanol–water partition coefficient (Wildman–Crippen LogP) is -0.372. The van der Waals surface area contributed by atoms with Crippen molar-refractivity contribution in [2.45, 2.75) is 6.54 Å². The summed E-state index contributed by atoms with van der Waals surface area (Å²) in [5, 5.41) is 16.6. The van der Waals surface area contributed by atoms with Gasteiger partial charge in [-0.15, -0.1) is 0 Å². The molecule has 1 aromatic carbocycles. The van der Waals surface area contributed by atoms with Crippen LogP contribution in [0.15, 0.2) is 24.3 Å². The third-order valence-electron chi connectivity index (χ3n) is 2.24. The van der Waals surface area contributed by atoms with Crippen LogP contribution in [0.1, 0.15) is 0 Å². The summed E-state index contributed by atoms with van der Waals surface area (Å²) in [7, 11) is 0. The van der Waals surface area contributed by atoms with Gasteiger partial charge in [-0.1, -0.05) is 12.1 Å². The van der Waals surface area contributed by atoms with Gasteiger partial charge in [-0.3, -0.25) is 5.41 Å². The standard InChI is InChI=1S/C9H12N4O/c10-9-12(5-6-14)7-3-1-2-4-8(7)13(9)11/h1-4,10,14H,5-6,11H2. The van der Waals surface area contributed by atoms with Crippen LogP contribution in [0.25, 0.3) is 11.0 Å². The molecule has 0 amide bonds. The highest BCUT2D eigenvalue weighted by molar-refractivity contribution is 5.75. The Morgan fingerprint density at radius 3 is 2.57 bits per heavy atom. The number of nitrogens with two attached hydrogens (primary N) is 1. The van der Waals surface area contributed by atoms with Crippen LogP contribution in [-0.2, 0) is 6.54 Å². The molecule has 1 aromatic heterocycles. The van der Waals surface area contributed by atoms with Gasteiger partial charge >= 0.3 is 0 Å². The molecule has 0 atom stereocenters. The molecule has 0 bridgehead atoms. The predicted molar refractivity (Wildman–Crippen MR) is 53.0 cm³/mol. The van der Waals surface area contributed by atoms with Gasteiger partial charge in [0.25, 0.3) is 0 Å². The van der Waals surface area contributed by atoms with Crippen molar-refractivity contribution in [3.05, 3.63) is 29.9 Å². The summed E-state index contributed by atoms with van der Waals surface area (Å²) in [6, 6.07) is 7.48. The molecule has 74 valence electrons. The van der Waals surface area contributed by atoms with Crippen molar-refractivity contribution in [2.75, 3.05) is 12.4 Å². The van der Waals surface area contributed by atoms with Gasteiger partial charge in [0.2, 0.25) is 5.62 Å². The molecule has 0 radical (unpaired) electrons. The first-order chi connectivity index (χ1) is 6.75. The summed E-state index contributed by atoms with van der Waals surface area (Å²) in [6.45, 7) is 0.397. The summed E-state index contributed by atoms with van der Waals surface area (Å²) >= 11 is 0. The van der Waals surface area contributed by atoms with Crippen molar-refractivity contribution in [2.24, 2.45) is 0 Å². The van der Waals surface area contributed by atoms with Gasteiger partial charge in [-0.05, 0) is 12.1 Å². The SMILES string of the molecule is N=c1n(N)c2ccccc2n1CCO. The van der Waals surface area contributed by atoms with Crippen molar-refractivity contribution in [1.82, 2.24) is 9.24 Å². The van der Waals surface area contributed by atoms with Gasteiger partial charge in [0.15, 0.2) is 0 Å². The zero-order valence-corrected chi connectivity index (χ0v) is 7.64. The van der Waals surface area contributed by atoms with Crippen molar-refractivity contribution in [1.29, 1.82) is 5.41 Å². The highest BCUT2D eigenvalue weighted by Gasteiger charge is 2.06. The number of imidazole rings is 1. The van der Waals surface area contributed by atoms with Crippen molar-refractivity contribution in [3.8, 4) is 0 Å². The van der Waals surface area contributed by atoms with E-state index < -0.39 is 0 Å². The topological polar surface area (TPSA) is 80.0 Å². The number of aliphatic hydroxyl groups is 1. The number of nitrogen functional groups attached to an aromatic ring is 1. The molecular formula is C9H12N4O. The molecule has 5 nitrogen and oxygen atoms in total. The smallest absolute Gasteiger partial charge is 0.221 e. The maximum atomic E-state index is 8.86. The van der Waals surface area contributed by atoms with Gasteiger partial charge in [-0.25, -0.2) is 4.68 Å². The Morgan fingerprint density at radius 1 is 1.29 bits per heavy atom. The number of benzene rings is 1. The van der Waals surface area contributed by atoms with Crippen LogP contribution < -0.4 is 11.5 Å². The molecule has 0 aliphatic carbocycles. The van der Waals surface area contributed by atoms with Crippen molar-refractivity contribution >= 4 is 11.0 Å². The number of nitrogens with one attached hydrogen (secondary N) is 1. The number of nitrogens with zero attached hydrogens (tertiary/aromatic N) is 2. The lowest BCUT2D eigenvalue weighted by atomic mass is 10.3. The van der Waals surface area contributed by atoms with E-state index in [9.17, 15) is 0 Å². The first-order valence-corrected chi connectivity index (χ1v) is 4.36. The van der Waals surface area contributed by atoms with E-state index in [1.165, 1.54) is 4.68 Å². The van der Waals surface area contributed by atoms with Crippen LogP contribution in [0.2, 0.25) is 0 Å². The maximum Gasteiger partial charge on any atom is 0.221 e. The Bertz CT molecular complexity index is 511. The van der Waals surface area contributed by atoms with Gasteiger partial charge in [0.1, 0.15) is 0 Å². The van der Waals surface area contributed by atoms with Gasteiger partial charge < -0.3 is 15.5 Å². The van der Waals surface area contributed by atoms with E-state index in [0.717, 1.165) is 11.0 Å². The Labute approximate surface area is 80.5 Å². The van der Waals surface area contributed by atoms with Crippen LogP contribution in [0, 0.1) is 5.41 Å². The molecule has 4 N–H and O–H groups in total. The summed E-state index contributed by atoms with van der Waals surface area (Å²) in [6.07, 6.45) is 0. The van der Waals surface area contributed by atoms with Gasteiger partial charge in [0.05, 0.1) is 17.6 Å². The van der Waals surface area contributed by atoms with Crippen LogP contribution in [-0.4, -0.2) is 21.0 Å². The molecule has 0 spiro atoms. The number of para-hydroxylation sites is 2. The summed E-state index contributed by atoms with van der Waals surface area (Å²) in [4.78, 5) is 0. The number of rotatable bonds is 2. The number of hydrogen-bond acceptors (Lipinski definition) is 3. The molecule has 1 heterocycles. The Hall–Kier alpha value is -1.75. The second-order valence-electron chi connectivity index (χ2n) is 3.06. The van der Waals surface area contributed by atoms with Crippen molar-refractivity contribution in [3.63, 3.8) is 0 Å². The first-order valence-electron chi connectivity index (χ1n) is 4.36. The third kappa shape index (κ3) is 1.10. The zero-order valence-electron chi connectivity index (χ0n) is 7.64. The van der Waals surface area contributed by atoms with E-state index in [-0.39, 0.29) is 12.2 Å². The van der Waals surface area contributed by atoms with Crippen LogP contribution >= 0.6 is 0 Å². The molecule has 2 rings (SSSR count). The maximum absolute atomic E-state index is 8.86. The molecule has 0 fully saturated rings. The number of aromatic nitrogens is 2. The molecule has 2 aromatic rings. The number of fused-ring (bicyclic) bond motifs is 1. The van der Waals surface area contributed by atoms with Gasteiger partial charge in [-0.2, -0.15) is 0 Å². The second-order valence-corrected chi connectivity index (χ2v) is 3.06. The van der Waals surface area contributed by atoms with E-state index in [4.69, 9.17) is 16.4 Å². The van der Waals surface area contributed by atoms with E-state index in [1.807, 2.05) is 24.3 Å². The first kappa shape index (κ1) is 8.83. The molecule has 0 unspecified atom stereocenters. The lowest BCUT2D eigenvalue weighted by molar-refractivity contribution is 0.275. The second kappa shape index (κ2) is 3.19. The summed E-state index contributed by atoms with van der Waals surface area (Å²) in [5.74, 6) is 5.70. The Morgan fingerprint density at radius 2 is 1.93 bits per heavy atom. The lowest BCUT2D eigenvalue weighted by Crippen LogP contribution is -2.30. The molecule has 0 aliphatic heterocycles. The monoisotopic (exact) mass is 192 g/mol. The number of aliphatic hydroxyl groups excluding tert-OH is 1. The van der Waals surface area contributed by atoms with E-state index in [1.54, 1.807) is 4.57 Å². The van der Waals surface area contributed by atoms with Crippen LogP contribution in [0.5, 0.6) is 0 Å². The third-order valence-corrected chi connectivity index (χ3v) is 2.24. The Balaban J connectivity index is 2.81. The highest BCUT2D eigenvalue weighted by Crippen LogP contribution is 2.09. The van der Waals surface area contributed by atoms with E-state index in [0.29, 0.717) is 6.54 Å². The van der Waals surface area contributed by atoms with Crippen molar-refractivity contribution < 1.29 is 5.11 Å². The summed E-state index contributed by atoms with van der Waals surface area (Å²) in [5.41, 5.74) is 1.86. The minimum atomic E-state index is 0.00452. The average molecular weight is 192 g/mol. The highest BCUT2D eigenvalue weighted by atomic mass is 16.3. The fraction of sp³-hybridized carbons (Fsp3) is 0.222. The van der Waals surface area contributed by atoms with Crippen LogP contribution in [0.4, 0.5) is 0 Å². The minimum Gasteiger partial charge on any atom is -0.395 e. The lowest BCUT2D eigenvalue weighted by Gasteiger charge is -1.99. The molecular weight excluding hydrogens is 180 g/mol. The quantitative estimate of drug-likeness (QED) is 0.567. The van der Waals surface area contributed by atoms with E-state index >= 15 is 0 Å². The minimum absolute atomic E-state index is 0.00452. The molecule has 0 saturated carbocycles. The van der Waals surface area contributed by atoms with Gasteiger partial charge in [0, 0.05) is 6.54 Å². The average Bonchev–Trinajstić information content (AvgIpc) is 2.45. The van der Waals surface area contributed by atoms with Crippen LogP contribution in [0.3, 0.4) is 0 Å². The molecule has 14 heavy (non-hydrogen) atoms. The molecule has 0 saturated heterocycles.